The number of benzene rings is 1. The van der Waals surface area contributed by atoms with Crippen LogP contribution in [0.15, 0.2) is 24.3 Å². The molecule has 0 spiro atoms. The van der Waals surface area contributed by atoms with Gasteiger partial charge in [-0.3, -0.25) is 9.69 Å². The number of nitriles is 1. The minimum atomic E-state index is -0.0316. The first-order valence-corrected chi connectivity index (χ1v) is 12.3. The molecule has 3 heterocycles. The van der Waals surface area contributed by atoms with Crippen molar-refractivity contribution in [3.63, 3.8) is 0 Å². The van der Waals surface area contributed by atoms with Gasteiger partial charge in [0.25, 0.3) is 0 Å². The van der Waals surface area contributed by atoms with Crippen LogP contribution in [0, 0.1) is 11.3 Å². The maximum Gasteiger partial charge on any atom is 0.239 e. The van der Waals surface area contributed by atoms with Crippen LogP contribution in [0.5, 0.6) is 0 Å². The molecule has 1 N–H and O–H groups in total. The summed E-state index contributed by atoms with van der Waals surface area (Å²) in [6, 6.07) is 10.8. The zero-order valence-electron chi connectivity index (χ0n) is 16.8. The van der Waals surface area contributed by atoms with Crippen LogP contribution in [0.25, 0.3) is 10.2 Å². The maximum absolute atomic E-state index is 12.9. The van der Waals surface area contributed by atoms with Crippen molar-refractivity contribution in [2.45, 2.75) is 51.0 Å². The molecule has 0 radical (unpaired) electrons. The van der Waals surface area contributed by atoms with Crippen molar-refractivity contribution >= 4 is 43.8 Å². The Morgan fingerprint density at radius 2 is 2.07 bits per heavy atom. The lowest BCUT2D eigenvalue weighted by molar-refractivity contribution is -0.117. The van der Waals surface area contributed by atoms with Gasteiger partial charge >= 0.3 is 0 Å². The Morgan fingerprint density at radius 3 is 2.93 bits per heavy atom. The van der Waals surface area contributed by atoms with Crippen LogP contribution < -0.4 is 5.32 Å². The van der Waals surface area contributed by atoms with Gasteiger partial charge in [-0.05, 0) is 62.8 Å². The fourth-order valence-electron chi connectivity index (χ4n) is 4.63. The van der Waals surface area contributed by atoms with Gasteiger partial charge < -0.3 is 5.32 Å². The normalized spacial score (nSPS) is 19.4. The molecule has 5 nitrogen and oxygen atoms in total. The van der Waals surface area contributed by atoms with E-state index in [1.807, 2.05) is 18.2 Å². The van der Waals surface area contributed by atoms with E-state index in [1.165, 1.54) is 28.0 Å². The summed E-state index contributed by atoms with van der Waals surface area (Å²) in [5, 5.41) is 14.6. The molecule has 1 saturated heterocycles. The van der Waals surface area contributed by atoms with Crippen LogP contribution in [0.1, 0.15) is 59.2 Å². The van der Waals surface area contributed by atoms with Crippen LogP contribution in [0.2, 0.25) is 0 Å². The molecule has 2 aliphatic rings. The molecule has 0 saturated carbocycles. The van der Waals surface area contributed by atoms with Gasteiger partial charge in [-0.2, -0.15) is 5.26 Å². The summed E-state index contributed by atoms with van der Waals surface area (Å²) in [6.07, 6.45) is 7.60. The number of aromatic nitrogens is 1. The fraction of sp³-hybridized carbons (Fsp3) is 0.435. The first-order chi connectivity index (χ1) is 14.7. The molecule has 30 heavy (non-hydrogen) atoms. The van der Waals surface area contributed by atoms with Gasteiger partial charge in [-0.15, -0.1) is 22.7 Å². The summed E-state index contributed by atoms with van der Waals surface area (Å²) in [4.78, 5) is 21.2. The lowest BCUT2D eigenvalue weighted by atomic mass is 10.1. The zero-order chi connectivity index (χ0) is 20.5. The highest BCUT2D eigenvalue weighted by Crippen LogP contribution is 2.38. The molecule has 2 aromatic heterocycles. The Morgan fingerprint density at radius 1 is 1.20 bits per heavy atom. The molecule has 0 bridgehead atoms. The van der Waals surface area contributed by atoms with Crippen LogP contribution in [0.3, 0.4) is 0 Å². The second kappa shape index (κ2) is 8.46. The smallest absolute Gasteiger partial charge is 0.239 e. The Hall–Kier alpha value is -2.27. The maximum atomic E-state index is 12.9. The summed E-state index contributed by atoms with van der Waals surface area (Å²) >= 11 is 3.33. The highest BCUT2D eigenvalue weighted by Gasteiger charge is 2.30. The molecule has 1 aromatic carbocycles. The average molecular weight is 437 g/mol. The SMILES string of the molecule is N#Cc1c(NC(=O)CN2CCCC2c2nc3ccccc3s2)sc2c1CCCCC2. The summed E-state index contributed by atoms with van der Waals surface area (Å²) < 4.78 is 1.20. The lowest BCUT2D eigenvalue weighted by Crippen LogP contribution is -2.32. The van der Waals surface area contributed by atoms with Crippen LogP contribution in [-0.2, 0) is 17.6 Å². The van der Waals surface area contributed by atoms with E-state index in [4.69, 9.17) is 4.98 Å². The quantitative estimate of drug-likeness (QED) is 0.566. The van der Waals surface area contributed by atoms with E-state index in [9.17, 15) is 10.1 Å². The van der Waals surface area contributed by atoms with Crippen LogP contribution in [-0.4, -0.2) is 28.9 Å². The molecule has 1 atom stereocenters. The Kier molecular flexibility index (Phi) is 5.55. The number of amides is 1. The van der Waals surface area contributed by atoms with Crippen molar-refractivity contribution in [1.29, 1.82) is 5.26 Å². The van der Waals surface area contributed by atoms with Gasteiger partial charge in [0, 0.05) is 4.88 Å². The van der Waals surface area contributed by atoms with E-state index in [2.05, 4.69) is 22.4 Å². The summed E-state index contributed by atoms with van der Waals surface area (Å²) in [6.45, 7) is 1.24. The first-order valence-electron chi connectivity index (χ1n) is 10.7. The monoisotopic (exact) mass is 436 g/mol. The number of hydrogen-bond acceptors (Lipinski definition) is 6. The van der Waals surface area contributed by atoms with Crippen molar-refractivity contribution in [3.05, 3.63) is 45.3 Å². The highest BCUT2D eigenvalue weighted by molar-refractivity contribution is 7.18. The molecule has 5 rings (SSSR count). The van der Waals surface area contributed by atoms with E-state index >= 15 is 0 Å². The van der Waals surface area contributed by atoms with E-state index in [1.54, 1.807) is 22.7 Å². The van der Waals surface area contributed by atoms with Crippen molar-refractivity contribution in [2.75, 3.05) is 18.4 Å². The third-order valence-corrected chi connectivity index (χ3v) is 8.44. The van der Waals surface area contributed by atoms with Gasteiger partial charge in [0.05, 0.1) is 28.4 Å². The number of thiazole rings is 1. The standard InChI is InChI=1S/C23H24N4OS2/c24-13-16-15-7-2-1-3-10-19(15)29-22(16)26-21(28)14-27-12-6-9-18(27)23-25-17-8-4-5-11-20(17)30-23/h4-5,8,11,18H,1-3,6-7,9-10,12,14H2,(H,26,28). The number of anilines is 1. The van der Waals surface area contributed by atoms with E-state index in [0.717, 1.165) is 54.2 Å². The first kappa shape index (κ1) is 19.7. The summed E-state index contributed by atoms with van der Waals surface area (Å²) in [5.74, 6) is -0.0316. The van der Waals surface area contributed by atoms with Gasteiger partial charge in [0.15, 0.2) is 0 Å². The predicted molar refractivity (Wildman–Crippen MR) is 122 cm³/mol. The molecule has 154 valence electrons. The zero-order valence-corrected chi connectivity index (χ0v) is 18.5. The number of likely N-dealkylation sites (tertiary alicyclic amines) is 1. The van der Waals surface area contributed by atoms with Crippen molar-refractivity contribution in [2.24, 2.45) is 0 Å². The van der Waals surface area contributed by atoms with Crippen LogP contribution >= 0.6 is 22.7 Å². The molecule has 1 aliphatic carbocycles. The fourth-order valence-corrected chi connectivity index (χ4v) is 7.02. The number of fused-ring (bicyclic) bond motifs is 2. The number of para-hydroxylation sites is 1. The second-order valence-electron chi connectivity index (χ2n) is 8.08. The summed E-state index contributed by atoms with van der Waals surface area (Å²) in [7, 11) is 0. The molecule has 7 heteroatoms. The Balaban J connectivity index is 1.31. The van der Waals surface area contributed by atoms with Crippen molar-refractivity contribution < 1.29 is 4.79 Å². The second-order valence-corrected chi connectivity index (χ2v) is 10.2. The molecular weight excluding hydrogens is 412 g/mol. The highest BCUT2D eigenvalue weighted by atomic mass is 32.1. The predicted octanol–water partition coefficient (Wildman–Crippen LogP) is 5.27. The molecule has 1 aliphatic heterocycles. The topological polar surface area (TPSA) is 69.0 Å². The van der Waals surface area contributed by atoms with Crippen molar-refractivity contribution in [3.8, 4) is 6.07 Å². The molecular formula is C23H24N4OS2. The van der Waals surface area contributed by atoms with Crippen molar-refractivity contribution in [1.82, 2.24) is 9.88 Å². The number of carbonyl (C=O) groups is 1. The van der Waals surface area contributed by atoms with E-state index in [-0.39, 0.29) is 11.9 Å². The number of aryl methyl sites for hydroxylation is 1. The Labute approximate surface area is 184 Å². The number of rotatable bonds is 4. The minimum Gasteiger partial charge on any atom is -0.315 e. The third kappa shape index (κ3) is 3.76. The average Bonchev–Trinajstić information content (AvgIpc) is 3.41. The molecule has 3 aromatic rings. The number of nitrogens with one attached hydrogen (secondary N) is 1. The number of hydrogen-bond donors (Lipinski definition) is 1. The molecule has 1 fully saturated rings. The lowest BCUT2D eigenvalue weighted by Gasteiger charge is -2.21. The Bertz CT molecular complexity index is 1090. The largest absolute Gasteiger partial charge is 0.315 e. The molecule has 1 amide bonds. The van der Waals surface area contributed by atoms with E-state index in [0.29, 0.717) is 12.1 Å². The van der Waals surface area contributed by atoms with Gasteiger partial charge in [-0.25, -0.2) is 4.98 Å². The van der Waals surface area contributed by atoms with Gasteiger partial charge in [0.1, 0.15) is 16.1 Å². The van der Waals surface area contributed by atoms with Gasteiger partial charge in [-0.1, -0.05) is 18.6 Å². The molecule has 1 unspecified atom stereocenters. The summed E-state index contributed by atoms with van der Waals surface area (Å²) in [5.41, 5.74) is 2.89. The van der Waals surface area contributed by atoms with Crippen LogP contribution in [0.4, 0.5) is 5.00 Å². The van der Waals surface area contributed by atoms with Gasteiger partial charge in [0.2, 0.25) is 5.91 Å². The van der Waals surface area contributed by atoms with E-state index < -0.39 is 0 Å². The number of carbonyl (C=O) groups excluding carboxylic acids is 1. The third-order valence-electron chi connectivity index (χ3n) is 6.09. The number of thiophene rings is 1. The minimum absolute atomic E-state index is 0.0316. The number of nitrogens with zero attached hydrogens (tertiary/aromatic N) is 3.